The summed E-state index contributed by atoms with van der Waals surface area (Å²) in [5.74, 6) is -0.124. The van der Waals surface area contributed by atoms with Crippen molar-refractivity contribution in [1.82, 2.24) is 10.2 Å². The molecular formula is C18H24ClN3O2S. The minimum Gasteiger partial charge on any atom is -0.351 e. The van der Waals surface area contributed by atoms with Gasteiger partial charge in [-0.05, 0) is 23.4 Å². The number of carbonyl (C=O) groups excluding carboxylic acids is 2. The summed E-state index contributed by atoms with van der Waals surface area (Å²) < 4.78 is 0. The second-order valence-electron chi connectivity index (χ2n) is 5.42. The quantitative estimate of drug-likeness (QED) is 0.699. The van der Waals surface area contributed by atoms with Crippen LogP contribution in [0.5, 0.6) is 0 Å². The summed E-state index contributed by atoms with van der Waals surface area (Å²) in [6.07, 6.45) is 1.08. The molecule has 0 bridgehead atoms. The van der Waals surface area contributed by atoms with Gasteiger partial charge in [-0.1, -0.05) is 30.3 Å². The van der Waals surface area contributed by atoms with Crippen LogP contribution in [0.25, 0.3) is 0 Å². The van der Waals surface area contributed by atoms with Crippen LogP contribution in [-0.2, 0) is 11.2 Å². The lowest BCUT2D eigenvalue weighted by molar-refractivity contribution is -0.130. The zero-order valence-corrected chi connectivity index (χ0v) is 15.7. The van der Waals surface area contributed by atoms with Gasteiger partial charge in [-0.25, -0.2) is 0 Å². The van der Waals surface area contributed by atoms with Crippen molar-refractivity contribution in [2.45, 2.75) is 12.8 Å². The predicted octanol–water partition coefficient (Wildman–Crippen LogP) is 2.32. The Hall–Kier alpha value is -1.89. The molecule has 2 amide bonds. The molecule has 136 valence electrons. The van der Waals surface area contributed by atoms with Crippen molar-refractivity contribution >= 4 is 35.6 Å². The Bertz CT molecular complexity index is 635. The zero-order valence-electron chi connectivity index (χ0n) is 14.0. The van der Waals surface area contributed by atoms with E-state index in [1.165, 1.54) is 16.9 Å². The van der Waals surface area contributed by atoms with Crippen LogP contribution in [0.3, 0.4) is 0 Å². The van der Waals surface area contributed by atoms with Crippen molar-refractivity contribution in [2.75, 3.05) is 26.2 Å². The van der Waals surface area contributed by atoms with Crippen LogP contribution in [0.4, 0.5) is 0 Å². The smallest absolute Gasteiger partial charge is 0.252 e. The molecule has 0 saturated carbocycles. The predicted molar refractivity (Wildman–Crippen MR) is 104 cm³/mol. The highest BCUT2D eigenvalue weighted by Gasteiger charge is 2.13. The van der Waals surface area contributed by atoms with Crippen LogP contribution in [0, 0.1) is 0 Å². The highest BCUT2D eigenvalue weighted by molar-refractivity contribution is 7.08. The molecule has 1 aromatic heterocycles. The van der Waals surface area contributed by atoms with E-state index in [9.17, 15) is 9.59 Å². The summed E-state index contributed by atoms with van der Waals surface area (Å²) in [7, 11) is 0. The molecule has 7 heteroatoms. The van der Waals surface area contributed by atoms with E-state index in [1.54, 1.807) is 16.3 Å². The third kappa shape index (κ3) is 7.25. The molecular weight excluding hydrogens is 358 g/mol. The topological polar surface area (TPSA) is 75.4 Å². The van der Waals surface area contributed by atoms with E-state index < -0.39 is 0 Å². The third-order valence-electron chi connectivity index (χ3n) is 3.67. The molecule has 0 atom stereocenters. The Balaban J connectivity index is 0.00000312. The second kappa shape index (κ2) is 11.6. The summed E-state index contributed by atoms with van der Waals surface area (Å²) in [5.41, 5.74) is 7.44. The Kier molecular flexibility index (Phi) is 9.84. The molecule has 0 spiro atoms. The fourth-order valence-corrected chi connectivity index (χ4v) is 3.00. The van der Waals surface area contributed by atoms with Crippen LogP contribution in [0.15, 0.2) is 47.2 Å². The molecule has 3 N–H and O–H groups in total. The lowest BCUT2D eigenvalue weighted by Crippen LogP contribution is -2.38. The molecule has 2 rings (SSSR count). The van der Waals surface area contributed by atoms with Crippen molar-refractivity contribution in [3.63, 3.8) is 0 Å². The first-order valence-electron chi connectivity index (χ1n) is 8.03. The van der Waals surface area contributed by atoms with Crippen molar-refractivity contribution in [1.29, 1.82) is 0 Å². The maximum atomic E-state index is 12.3. The number of hydrogen-bond donors (Lipinski definition) is 2. The van der Waals surface area contributed by atoms with E-state index in [2.05, 4.69) is 5.32 Å². The molecule has 0 unspecified atom stereocenters. The molecule has 0 aliphatic carbocycles. The number of halogens is 1. The summed E-state index contributed by atoms with van der Waals surface area (Å²) in [4.78, 5) is 26.0. The summed E-state index contributed by atoms with van der Waals surface area (Å²) in [5, 5.41) is 6.42. The third-order valence-corrected chi connectivity index (χ3v) is 4.36. The minimum atomic E-state index is -0.140. The monoisotopic (exact) mass is 381 g/mol. The Morgan fingerprint density at radius 1 is 1.12 bits per heavy atom. The van der Waals surface area contributed by atoms with Crippen molar-refractivity contribution in [2.24, 2.45) is 5.73 Å². The van der Waals surface area contributed by atoms with Crippen LogP contribution in [0.1, 0.15) is 22.3 Å². The van der Waals surface area contributed by atoms with Gasteiger partial charge >= 0.3 is 0 Å². The molecule has 2 aromatic rings. The maximum Gasteiger partial charge on any atom is 0.252 e. The molecule has 0 fully saturated rings. The molecule has 1 heterocycles. The Labute approximate surface area is 158 Å². The first kappa shape index (κ1) is 21.2. The highest BCUT2D eigenvalue weighted by Crippen LogP contribution is 2.06. The first-order valence-corrected chi connectivity index (χ1v) is 8.97. The molecule has 25 heavy (non-hydrogen) atoms. The number of carbonyl (C=O) groups is 2. The number of hydrogen-bond acceptors (Lipinski definition) is 4. The summed E-state index contributed by atoms with van der Waals surface area (Å²) in [6.45, 7) is 1.93. The number of nitrogens with two attached hydrogens (primary N) is 1. The molecule has 0 saturated heterocycles. The van der Waals surface area contributed by atoms with E-state index in [-0.39, 0.29) is 30.6 Å². The van der Waals surface area contributed by atoms with Gasteiger partial charge in [-0.3, -0.25) is 9.59 Å². The Morgan fingerprint density at radius 2 is 1.88 bits per heavy atom. The summed E-state index contributed by atoms with van der Waals surface area (Å²) >= 11 is 1.47. The van der Waals surface area contributed by atoms with Gasteiger partial charge in [-0.2, -0.15) is 11.3 Å². The average Bonchev–Trinajstić information content (AvgIpc) is 3.14. The van der Waals surface area contributed by atoms with E-state index in [1.807, 2.05) is 35.7 Å². The van der Waals surface area contributed by atoms with E-state index in [0.717, 1.165) is 6.42 Å². The lowest BCUT2D eigenvalue weighted by atomic mass is 10.1. The van der Waals surface area contributed by atoms with E-state index in [0.29, 0.717) is 31.7 Å². The van der Waals surface area contributed by atoms with E-state index >= 15 is 0 Å². The number of thiophene rings is 1. The average molecular weight is 382 g/mol. The molecule has 0 aliphatic rings. The standard InChI is InChI=1S/C18H23N3O2S.ClH/c19-9-12-21(11-7-15-4-2-1-3-5-15)17(22)6-10-20-18(23)16-8-13-24-14-16;/h1-5,8,13-14H,6-7,9-12,19H2,(H,20,23);1H. The van der Waals surface area contributed by atoms with Gasteiger partial charge in [-0.15, -0.1) is 12.4 Å². The lowest BCUT2D eigenvalue weighted by Gasteiger charge is -2.22. The Morgan fingerprint density at radius 3 is 2.52 bits per heavy atom. The summed E-state index contributed by atoms with van der Waals surface area (Å²) in [6, 6.07) is 11.8. The minimum absolute atomic E-state index is 0. The van der Waals surface area contributed by atoms with Crippen LogP contribution in [0.2, 0.25) is 0 Å². The SMILES string of the molecule is Cl.NCCN(CCc1ccccc1)C(=O)CCNC(=O)c1ccsc1. The molecule has 1 aromatic carbocycles. The molecule has 0 aliphatic heterocycles. The van der Waals surface area contributed by atoms with E-state index in [4.69, 9.17) is 5.73 Å². The second-order valence-corrected chi connectivity index (χ2v) is 6.20. The molecule has 5 nitrogen and oxygen atoms in total. The largest absolute Gasteiger partial charge is 0.351 e. The van der Waals surface area contributed by atoms with Gasteiger partial charge in [0, 0.05) is 43.5 Å². The number of nitrogens with zero attached hydrogens (tertiary/aromatic N) is 1. The fourth-order valence-electron chi connectivity index (χ4n) is 2.36. The first-order chi connectivity index (χ1) is 11.7. The highest BCUT2D eigenvalue weighted by atomic mass is 35.5. The number of rotatable bonds is 9. The van der Waals surface area contributed by atoms with Gasteiger partial charge in [0.25, 0.3) is 5.91 Å². The number of amides is 2. The van der Waals surface area contributed by atoms with Crippen LogP contribution < -0.4 is 11.1 Å². The zero-order chi connectivity index (χ0) is 17.2. The van der Waals surface area contributed by atoms with Gasteiger partial charge in [0.1, 0.15) is 0 Å². The van der Waals surface area contributed by atoms with Crippen molar-refractivity contribution in [3.8, 4) is 0 Å². The van der Waals surface area contributed by atoms with Gasteiger partial charge in [0.05, 0.1) is 0 Å². The number of benzene rings is 1. The maximum absolute atomic E-state index is 12.3. The van der Waals surface area contributed by atoms with Crippen LogP contribution in [-0.4, -0.2) is 42.9 Å². The van der Waals surface area contributed by atoms with Crippen molar-refractivity contribution in [3.05, 3.63) is 58.3 Å². The van der Waals surface area contributed by atoms with Crippen LogP contribution >= 0.6 is 23.7 Å². The number of nitrogens with one attached hydrogen (secondary N) is 1. The molecule has 0 radical (unpaired) electrons. The van der Waals surface area contributed by atoms with Gasteiger partial charge in [0.2, 0.25) is 5.91 Å². The van der Waals surface area contributed by atoms with Gasteiger partial charge < -0.3 is 16.0 Å². The normalized spacial score (nSPS) is 9.96. The van der Waals surface area contributed by atoms with Gasteiger partial charge in [0.15, 0.2) is 0 Å². The van der Waals surface area contributed by atoms with Crippen molar-refractivity contribution < 1.29 is 9.59 Å². The fraction of sp³-hybridized carbons (Fsp3) is 0.333.